The molecule has 2 rings (SSSR count). The minimum absolute atomic E-state index is 0.0738. The fraction of sp³-hybridized carbons (Fsp3) is 0.188. The standard InChI is InChI=1S/C16H18ClFN6/c17-14-11-22-16(23-13(8-19)10-20-7-6-18)24-15(14)21-9-12-4-2-1-3-5-12/h1-5,8,10-11H,6-7,9,19H2,(H2,21,22,23,24). The molecule has 126 valence electrons. The highest BCUT2D eigenvalue weighted by Gasteiger charge is 2.06. The van der Waals surface area contributed by atoms with Crippen LogP contribution in [0, 0.1) is 0 Å². The predicted molar refractivity (Wildman–Crippen MR) is 96.0 cm³/mol. The van der Waals surface area contributed by atoms with Crippen molar-refractivity contribution in [1.82, 2.24) is 9.97 Å². The number of rotatable bonds is 8. The lowest BCUT2D eigenvalue weighted by atomic mass is 10.2. The Labute approximate surface area is 144 Å². The number of aliphatic imine (C=N–C) groups is 1. The summed E-state index contributed by atoms with van der Waals surface area (Å²) < 4.78 is 12.1. The van der Waals surface area contributed by atoms with E-state index in [-0.39, 0.29) is 6.54 Å². The maximum atomic E-state index is 12.1. The van der Waals surface area contributed by atoms with Gasteiger partial charge in [0.05, 0.1) is 18.4 Å². The van der Waals surface area contributed by atoms with Gasteiger partial charge in [-0.05, 0) is 5.56 Å². The molecule has 0 bridgehead atoms. The van der Waals surface area contributed by atoms with Crippen LogP contribution in [0.15, 0.2) is 53.4 Å². The number of nitrogens with one attached hydrogen (secondary N) is 2. The highest BCUT2D eigenvalue weighted by atomic mass is 35.5. The van der Waals surface area contributed by atoms with Crippen LogP contribution in [-0.2, 0) is 6.54 Å². The average molecular weight is 349 g/mol. The summed E-state index contributed by atoms with van der Waals surface area (Å²) in [7, 11) is 0. The van der Waals surface area contributed by atoms with Gasteiger partial charge in [0.25, 0.3) is 0 Å². The Kier molecular flexibility index (Phi) is 6.97. The Hall–Kier alpha value is -2.67. The summed E-state index contributed by atoms with van der Waals surface area (Å²) in [6, 6.07) is 9.87. The zero-order chi connectivity index (χ0) is 17.2. The molecule has 0 saturated carbocycles. The predicted octanol–water partition coefficient (Wildman–Crippen LogP) is 2.99. The summed E-state index contributed by atoms with van der Waals surface area (Å²) in [4.78, 5) is 12.3. The largest absolute Gasteiger partial charge is 0.403 e. The number of nitrogens with two attached hydrogens (primary N) is 1. The minimum atomic E-state index is -0.528. The van der Waals surface area contributed by atoms with Crippen molar-refractivity contribution in [3.05, 3.63) is 59.0 Å². The van der Waals surface area contributed by atoms with Crippen molar-refractivity contribution in [3.63, 3.8) is 0 Å². The van der Waals surface area contributed by atoms with E-state index in [2.05, 4.69) is 25.6 Å². The van der Waals surface area contributed by atoms with Gasteiger partial charge in [-0.1, -0.05) is 41.9 Å². The highest BCUT2D eigenvalue weighted by molar-refractivity contribution is 6.32. The van der Waals surface area contributed by atoms with Gasteiger partial charge in [0, 0.05) is 19.0 Å². The van der Waals surface area contributed by atoms with E-state index in [0.29, 0.717) is 29.0 Å². The first-order valence-corrected chi connectivity index (χ1v) is 7.65. The number of benzene rings is 1. The number of hydrogen-bond acceptors (Lipinski definition) is 6. The van der Waals surface area contributed by atoms with E-state index in [1.807, 2.05) is 30.3 Å². The molecule has 1 heterocycles. The summed E-state index contributed by atoms with van der Waals surface area (Å²) in [6.45, 7) is 0.123. The zero-order valence-corrected chi connectivity index (χ0v) is 13.7. The second-order valence-electron chi connectivity index (χ2n) is 4.70. The highest BCUT2D eigenvalue weighted by Crippen LogP contribution is 2.20. The van der Waals surface area contributed by atoms with E-state index in [1.54, 1.807) is 0 Å². The van der Waals surface area contributed by atoms with Gasteiger partial charge in [-0.3, -0.25) is 4.99 Å². The molecule has 24 heavy (non-hydrogen) atoms. The van der Waals surface area contributed by atoms with E-state index in [0.717, 1.165) is 5.56 Å². The molecule has 0 unspecified atom stereocenters. The van der Waals surface area contributed by atoms with Gasteiger partial charge in [0.1, 0.15) is 11.7 Å². The summed E-state index contributed by atoms with van der Waals surface area (Å²) >= 11 is 6.11. The van der Waals surface area contributed by atoms with Crippen molar-refractivity contribution in [2.24, 2.45) is 10.7 Å². The number of hydrogen-bond donors (Lipinski definition) is 3. The second-order valence-corrected chi connectivity index (χ2v) is 5.11. The van der Waals surface area contributed by atoms with E-state index in [4.69, 9.17) is 17.3 Å². The van der Waals surface area contributed by atoms with Gasteiger partial charge in [-0.15, -0.1) is 0 Å². The third-order valence-electron chi connectivity index (χ3n) is 2.93. The fourth-order valence-electron chi connectivity index (χ4n) is 1.79. The topological polar surface area (TPSA) is 88.2 Å². The molecule has 0 radical (unpaired) electrons. The van der Waals surface area contributed by atoms with Crippen molar-refractivity contribution < 1.29 is 4.39 Å². The van der Waals surface area contributed by atoms with E-state index < -0.39 is 6.67 Å². The van der Waals surface area contributed by atoms with Crippen LogP contribution in [0.1, 0.15) is 5.56 Å². The number of aromatic nitrogens is 2. The Bertz CT molecular complexity index is 705. The van der Waals surface area contributed by atoms with Crippen LogP contribution in [0.25, 0.3) is 0 Å². The van der Waals surface area contributed by atoms with Crippen LogP contribution in [-0.4, -0.2) is 29.4 Å². The number of anilines is 2. The van der Waals surface area contributed by atoms with Gasteiger partial charge >= 0.3 is 0 Å². The molecular formula is C16H18ClFN6. The SMILES string of the molecule is NC=C(C=NCCF)Nc1ncc(Cl)c(NCc2ccccc2)n1. The molecular weight excluding hydrogens is 331 g/mol. The number of nitrogens with zero attached hydrogens (tertiary/aromatic N) is 3. The van der Waals surface area contributed by atoms with E-state index in [9.17, 15) is 4.39 Å². The quantitative estimate of drug-likeness (QED) is 0.638. The molecule has 0 aliphatic heterocycles. The Morgan fingerprint density at radius 3 is 2.83 bits per heavy atom. The number of halogens is 2. The first-order valence-electron chi connectivity index (χ1n) is 7.28. The zero-order valence-electron chi connectivity index (χ0n) is 12.9. The Morgan fingerprint density at radius 2 is 2.12 bits per heavy atom. The smallest absolute Gasteiger partial charge is 0.229 e. The molecule has 2 aromatic rings. The lowest BCUT2D eigenvalue weighted by Gasteiger charge is -2.10. The Morgan fingerprint density at radius 1 is 1.33 bits per heavy atom. The first kappa shape index (κ1) is 17.7. The lowest BCUT2D eigenvalue weighted by Crippen LogP contribution is -2.09. The van der Waals surface area contributed by atoms with Gasteiger partial charge < -0.3 is 16.4 Å². The van der Waals surface area contributed by atoms with E-state index >= 15 is 0 Å². The normalized spacial score (nSPS) is 11.7. The molecule has 1 aromatic heterocycles. The summed E-state index contributed by atoms with van der Waals surface area (Å²) in [5.74, 6) is 0.799. The van der Waals surface area contributed by atoms with Crippen LogP contribution in [0.4, 0.5) is 16.2 Å². The third-order valence-corrected chi connectivity index (χ3v) is 3.20. The van der Waals surface area contributed by atoms with Gasteiger partial charge in [-0.25, -0.2) is 9.37 Å². The third kappa shape index (κ3) is 5.51. The van der Waals surface area contributed by atoms with Crippen LogP contribution in [0.2, 0.25) is 5.02 Å². The maximum Gasteiger partial charge on any atom is 0.229 e. The molecule has 1 aromatic carbocycles. The first-order chi connectivity index (χ1) is 11.7. The maximum absolute atomic E-state index is 12.1. The molecule has 4 N–H and O–H groups in total. The number of allylic oxidation sites excluding steroid dienone is 1. The minimum Gasteiger partial charge on any atom is -0.403 e. The molecule has 0 aliphatic rings. The molecule has 0 saturated heterocycles. The van der Waals surface area contributed by atoms with E-state index in [1.165, 1.54) is 18.6 Å². The van der Waals surface area contributed by atoms with Crippen molar-refractivity contribution in [3.8, 4) is 0 Å². The monoisotopic (exact) mass is 348 g/mol. The fourth-order valence-corrected chi connectivity index (χ4v) is 1.95. The van der Waals surface area contributed by atoms with Crippen molar-refractivity contribution >= 4 is 29.6 Å². The van der Waals surface area contributed by atoms with Crippen molar-refractivity contribution in [2.75, 3.05) is 23.9 Å². The number of alkyl halides is 1. The van der Waals surface area contributed by atoms with Crippen molar-refractivity contribution in [1.29, 1.82) is 0 Å². The Balaban J connectivity index is 2.04. The van der Waals surface area contributed by atoms with Crippen LogP contribution in [0.5, 0.6) is 0 Å². The van der Waals surface area contributed by atoms with Crippen LogP contribution in [0.3, 0.4) is 0 Å². The molecule has 8 heteroatoms. The lowest BCUT2D eigenvalue weighted by molar-refractivity contribution is 0.505. The molecule has 0 amide bonds. The molecule has 0 spiro atoms. The summed E-state index contributed by atoms with van der Waals surface area (Å²) in [6.07, 6.45) is 4.21. The molecule has 0 fully saturated rings. The van der Waals surface area contributed by atoms with Gasteiger partial charge in [0.15, 0.2) is 5.82 Å². The molecule has 0 aliphatic carbocycles. The van der Waals surface area contributed by atoms with Gasteiger partial charge in [-0.2, -0.15) is 4.98 Å². The van der Waals surface area contributed by atoms with Gasteiger partial charge in [0.2, 0.25) is 5.95 Å². The van der Waals surface area contributed by atoms with Crippen molar-refractivity contribution in [2.45, 2.75) is 6.54 Å². The summed E-state index contributed by atoms with van der Waals surface area (Å²) in [5.41, 5.74) is 7.06. The van der Waals surface area contributed by atoms with Crippen LogP contribution >= 0.6 is 11.6 Å². The molecule has 6 nitrogen and oxygen atoms in total. The average Bonchev–Trinajstić information content (AvgIpc) is 2.62. The summed E-state index contributed by atoms with van der Waals surface area (Å²) in [5, 5.41) is 6.46. The second kappa shape index (κ2) is 9.46. The van der Waals surface area contributed by atoms with Crippen LogP contribution < -0.4 is 16.4 Å². The molecule has 0 atom stereocenters.